The van der Waals surface area contributed by atoms with Gasteiger partial charge in [-0.05, 0) is 0 Å². The van der Waals surface area contributed by atoms with Crippen LogP contribution in [0.1, 0.15) is 6.42 Å². The van der Waals surface area contributed by atoms with E-state index < -0.39 is 23.6 Å². The fraction of sp³-hybridized carbons (Fsp3) is 0.500. The number of hydrogen-bond donors (Lipinski definition) is 3. The number of hydrogen-bond acceptors (Lipinski definition) is 3. The first kappa shape index (κ1) is 23.5. The molecule has 4 nitrogen and oxygen atoms in total. The van der Waals surface area contributed by atoms with Gasteiger partial charge < -0.3 is 10.2 Å². The van der Waals surface area contributed by atoms with Gasteiger partial charge in [0.15, 0.2) is 0 Å². The van der Waals surface area contributed by atoms with Gasteiger partial charge in [-0.2, -0.15) is 12.6 Å². The topological polar surface area (TPSA) is 74.6 Å². The Bertz CT molecular complexity index is 145. The molecule has 76 valence electrons. The van der Waals surface area contributed by atoms with Crippen molar-refractivity contribution in [3.8, 4) is 0 Å². The average molecular weight is 568 g/mol. The summed E-state index contributed by atoms with van der Waals surface area (Å²) in [6.45, 7) is 0. The van der Waals surface area contributed by atoms with Crippen LogP contribution >= 0.6 is 12.6 Å². The van der Waals surface area contributed by atoms with E-state index in [-0.39, 0.29) is 74.3 Å². The van der Waals surface area contributed by atoms with Crippen molar-refractivity contribution in [3.05, 3.63) is 0 Å². The molecular weight excluding hydrogens is 561 g/mol. The van der Waals surface area contributed by atoms with E-state index in [1.807, 2.05) is 0 Å². The molecule has 1 unspecified atom stereocenters. The molecule has 0 amide bonds. The number of carboxylic acids is 2. The predicted molar refractivity (Wildman–Crippen MR) is 39.8 cm³/mol. The molecule has 0 rings (SSSR count). The predicted octanol–water partition coefficient (Wildman–Crippen LogP) is -0.809. The standard InChI is InChI=1S/C4H6O4S.2Au.Na.H/c5-3(6)1-2(9)4(7)8;;;;/h2,9H,1H2,(H,5,6)(H,7,8);;;;. The molecule has 2 N–H and O–H groups in total. The van der Waals surface area contributed by atoms with Crippen LogP contribution in [0.2, 0.25) is 0 Å². The number of thiol groups is 1. The zero-order chi connectivity index (χ0) is 7.44. The fourth-order valence-corrected chi connectivity index (χ4v) is 0.409. The van der Waals surface area contributed by atoms with E-state index in [4.69, 9.17) is 10.2 Å². The Morgan fingerprint density at radius 3 is 1.67 bits per heavy atom. The zero-order valence-electron chi connectivity index (χ0n) is 5.05. The van der Waals surface area contributed by atoms with Crippen LogP contribution in [0.5, 0.6) is 0 Å². The van der Waals surface area contributed by atoms with Crippen molar-refractivity contribution in [2.75, 3.05) is 0 Å². The summed E-state index contributed by atoms with van der Waals surface area (Å²) in [7, 11) is 0. The summed E-state index contributed by atoms with van der Waals surface area (Å²) >= 11 is 3.48. The van der Waals surface area contributed by atoms with E-state index in [1.54, 1.807) is 0 Å². The molecule has 1 atom stereocenters. The van der Waals surface area contributed by atoms with E-state index in [9.17, 15) is 9.59 Å². The average Bonchev–Trinajstić information content (AvgIpc) is 1.63. The van der Waals surface area contributed by atoms with Gasteiger partial charge in [0.1, 0.15) is 5.25 Å². The molecular formula is C4H7Au2NaO4S. The zero-order valence-corrected chi connectivity index (χ0v) is 10.3. The summed E-state index contributed by atoms with van der Waals surface area (Å²) in [6.07, 6.45) is -0.446. The van der Waals surface area contributed by atoms with Crippen LogP contribution in [0.25, 0.3) is 0 Å². The van der Waals surface area contributed by atoms with Crippen LogP contribution in [0.3, 0.4) is 0 Å². The van der Waals surface area contributed by atoms with Gasteiger partial charge in [0.2, 0.25) is 0 Å². The Morgan fingerprint density at radius 2 is 1.58 bits per heavy atom. The number of carbonyl (C=O) groups is 2. The van der Waals surface area contributed by atoms with Crippen molar-refractivity contribution in [1.29, 1.82) is 0 Å². The van der Waals surface area contributed by atoms with Gasteiger partial charge in [-0.3, -0.25) is 9.59 Å². The SMILES string of the molecule is O=C(O)CC(S)C(=O)O.[Au].[Au].[NaH]. The summed E-state index contributed by atoms with van der Waals surface area (Å²) in [6, 6.07) is 0. The van der Waals surface area contributed by atoms with Crippen molar-refractivity contribution in [2.24, 2.45) is 0 Å². The molecule has 12 heavy (non-hydrogen) atoms. The molecule has 2 radical (unpaired) electrons. The van der Waals surface area contributed by atoms with Crippen molar-refractivity contribution in [3.63, 3.8) is 0 Å². The Labute approximate surface area is 129 Å². The van der Waals surface area contributed by atoms with Gasteiger partial charge in [0, 0.05) is 44.8 Å². The molecule has 8 heteroatoms. The quantitative estimate of drug-likeness (QED) is 0.308. The minimum absolute atomic E-state index is 0. The summed E-state index contributed by atoms with van der Waals surface area (Å²) in [5.41, 5.74) is 0. The Morgan fingerprint density at radius 1 is 1.25 bits per heavy atom. The molecule has 0 aromatic carbocycles. The number of carboxylic acid groups (broad SMARTS) is 2. The van der Waals surface area contributed by atoms with Gasteiger partial charge in [0.05, 0.1) is 6.42 Å². The maximum absolute atomic E-state index is 9.90. The Kier molecular flexibility index (Phi) is 25.0. The molecule has 0 saturated heterocycles. The van der Waals surface area contributed by atoms with Crippen LogP contribution in [-0.4, -0.2) is 57.0 Å². The third kappa shape index (κ3) is 14.3. The summed E-state index contributed by atoms with van der Waals surface area (Å²) in [4.78, 5) is 19.7. The fourth-order valence-electron chi connectivity index (χ4n) is 0.253. The second-order valence-corrected chi connectivity index (χ2v) is 2.08. The molecule has 0 aliphatic rings. The van der Waals surface area contributed by atoms with E-state index >= 15 is 0 Å². The van der Waals surface area contributed by atoms with E-state index in [0.717, 1.165) is 0 Å². The molecule has 0 aromatic rings. The van der Waals surface area contributed by atoms with E-state index in [1.165, 1.54) is 0 Å². The minimum atomic E-state index is -1.21. The van der Waals surface area contributed by atoms with Crippen LogP contribution in [-0.2, 0) is 54.3 Å². The number of rotatable bonds is 3. The molecule has 0 spiro atoms. The van der Waals surface area contributed by atoms with Crippen LogP contribution in [0.15, 0.2) is 0 Å². The van der Waals surface area contributed by atoms with Crippen LogP contribution in [0.4, 0.5) is 0 Å². The van der Waals surface area contributed by atoms with Gasteiger partial charge in [-0.1, -0.05) is 0 Å². The van der Waals surface area contributed by atoms with Gasteiger partial charge >= 0.3 is 41.5 Å². The van der Waals surface area contributed by atoms with Gasteiger partial charge in [0.25, 0.3) is 0 Å². The van der Waals surface area contributed by atoms with Crippen LogP contribution in [0, 0.1) is 0 Å². The number of aliphatic carboxylic acids is 2. The van der Waals surface area contributed by atoms with Gasteiger partial charge in [-0.15, -0.1) is 0 Å². The second kappa shape index (κ2) is 12.8. The molecule has 0 fully saturated rings. The molecule has 0 bridgehead atoms. The van der Waals surface area contributed by atoms with E-state index in [0.29, 0.717) is 0 Å². The summed E-state index contributed by atoms with van der Waals surface area (Å²) in [5, 5.41) is 15.0. The Balaban J connectivity index is -0.000000107. The molecule has 0 heterocycles. The summed E-state index contributed by atoms with van der Waals surface area (Å²) in [5.74, 6) is -2.36. The second-order valence-electron chi connectivity index (χ2n) is 1.45. The third-order valence-electron chi connectivity index (χ3n) is 0.653. The normalized spacial score (nSPS) is 9.42. The van der Waals surface area contributed by atoms with Crippen molar-refractivity contribution >= 4 is 54.1 Å². The molecule has 0 aliphatic carbocycles. The first-order valence-electron chi connectivity index (χ1n) is 2.16. The maximum atomic E-state index is 9.90. The monoisotopic (exact) mass is 568 g/mol. The summed E-state index contributed by atoms with van der Waals surface area (Å²) < 4.78 is 0. The van der Waals surface area contributed by atoms with Crippen molar-refractivity contribution < 1.29 is 64.6 Å². The first-order chi connectivity index (χ1) is 4.04. The Hall–Kier alpha value is 1.77. The van der Waals surface area contributed by atoms with Crippen LogP contribution < -0.4 is 0 Å². The molecule has 0 aromatic heterocycles. The van der Waals surface area contributed by atoms with Crippen molar-refractivity contribution in [2.45, 2.75) is 11.7 Å². The third-order valence-corrected chi connectivity index (χ3v) is 1.06. The van der Waals surface area contributed by atoms with E-state index in [2.05, 4.69) is 12.6 Å². The molecule has 0 aliphatic heterocycles. The van der Waals surface area contributed by atoms with Crippen molar-refractivity contribution in [1.82, 2.24) is 0 Å². The first-order valence-corrected chi connectivity index (χ1v) is 2.68. The molecule has 0 saturated carbocycles. The van der Waals surface area contributed by atoms with Gasteiger partial charge in [-0.25, -0.2) is 0 Å².